The maximum absolute atomic E-state index is 12.8. The molecule has 7 nitrogen and oxygen atoms in total. The maximum atomic E-state index is 12.8. The standard InChI is InChI=1S/C26H32N2O5/c1-6-18(4)24(25(29)32-8-3)22(16-21-14-15-23(31-7-2)27-19(21)5)28-26(30)33-17-20-12-10-9-11-13-20/h9-15H,6-8,16-17H2,1-5H3. The van der Waals surface area contributed by atoms with Crippen LogP contribution in [-0.4, -0.2) is 36.0 Å². The van der Waals surface area contributed by atoms with Gasteiger partial charge in [-0.2, -0.15) is 4.99 Å². The van der Waals surface area contributed by atoms with Gasteiger partial charge in [0, 0.05) is 18.2 Å². The number of aliphatic imine (C=N–C) groups is 1. The second-order valence-electron chi connectivity index (χ2n) is 7.33. The Morgan fingerprint density at radius 2 is 1.70 bits per heavy atom. The van der Waals surface area contributed by atoms with Crippen molar-refractivity contribution in [2.45, 2.75) is 54.1 Å². The third-order valence-corrected chi connectivity index (χ3v) is 4.98. The Morgan fingerprint density at radius 1 is 0.970 bits per heavy atom. The number of aryl methyl sites for hydroxylation is 1. The van der Waals surface area contributed by atoms with E-state index in [2.05, 4.69) is 9.98 Å². The van der Waals surface area contributed by atoms with Crippen LogP contribution >= 0.6 is 0 Å². The summed E-state index contributed by atoms with van der Waals surface area (Å²) >= 11 is 0. The van der Waals surface area contributed by atoms with Crippen LogP contribution in [0.2, 0.25) is 0 Å². The molecule has 0 saturated heterocycles. The van der Waals surface area contributed by atoms with Crippen LogP contribution in [0.25, 0.3) is 0 Å². The highest BCUT2D eigenvalue weighted by molar-refractivity contribution is 6.22. The topological polar surface area (TPSA) is 87.1 Å². The highest BCUT2D eigenvalue weighted by Gasteiger charge is 2.23. The van der Waals surface area contributed by atoms with Gasteiger partial charge in [-0.25, -0.2) is 14.6 Å². The Bertz CT molecular complexity index is 1010. The number of rotatable bonds is 10. The van der Waals surface area contributed by atoms with Crippen molar-refractivity contribution in [2.75, 3.05) is 13.2 Å². The number of allylic oxidation sites excluding steroid dienone is 1. The summed E-state index contributed by atoms with van der Waals surface area (Å²) in [7, 11) is 0. The lowest BCUT2D eigenvalue weighted by molar-refractivity contribution is -0.137. The highest BCUT2D eigenvalue weighted by atomic mass is 16.5. The van der Waals surface area contributed by atoms with Crippen LogP contribution in [0.15, 0.2) is 58.6 Å². The number of amides is 1. The van der Waals surface area contributed by atoms with E-state index in [0.29, 0.717) is 30.2 Å². The fourth-order valence-corrected chi connectivity index (χ4v) is 3.13. The second kappa shape index (κ2) is 13.2. The fourth-order valence-electron chi connectivity index (χ4n) is 3.13. The van der Waals surface area contributed by atoms with E-state index in [-0.39, 0.29) is 19.6 Å². The first kappa shape index (κ1) is 25.8. The van der Waals surface area contributed by atoms with Crippen LogP contribution < -0.4 is 4.74 Å². The van der Waals surface area contributed by atoms with Gasteiger partial charge in [-0.15, -0.1) is 0 Å². The molecule has 0 saturated carbocycles. The van der Waals surface area contributed by atoms with Crippen molar-refractivity contribution in [3.05, 3.63) is 70.4 Å². The zero-order valence-electron chi connectivity index (χ0n) is 20.0. The molecule has 2 rings (SSSR count). The van der Waals surface area contributed by atoms with Gasteiger partial charge in [0.1, 0.15) is 6.61 Å². The van der Waals surface area contributed by atoms with Gasteiger partial charge in [-0.05, 0) is 45.2 Å². The lowest BCUT2D eigenvalue weighted by atomic mass is 9.96. The lowest BCUT2D eigenvalue weighted by Crippen LogP contribution is -2.22. The number of carbonyl (C=O) groups excluding carboxylic acids is 2. The molecule has 0 aliphatic carbocycles. The molecule has 2 aromatic rings. The molecule has 0 fully saturated rings. The first-order chi connectivity index (χ1) is 15.9. The van der Waals surface area contributed by atoms with E-state index in [9.17, 15) is 9.59 Å². The first-order valence-corrected chi connectivity index (χ1v) is 11.1. The predicted octanol–water partition coefficient (Wildman–Crippen LogP) is 5.40. The molecule has 7 heteroatoms. The summed E-state index contributed by atoms with van der Waals surface area (Å²) in [5.41, 5.74) is 3.76. The van der Waals surface area contributed by atoms with Crippen molar-refractivity contribution < 1.29 is 23.8 Å². The molecule has 0 aliphatic rings. The first-order valence-electron chi connectivity index (χ1n) is 11.1. The molecule has 0 aliphatic heterocycles. The summed E-state index contributed by atoms with van der Waals surface area (Å²) in [6.45, 7) is 10.1. The fraction of sp³-hybridized carbons (Fsp3) is 0.385. The lowest BCUT2D eigenvalue weighted by Gasteiger charge is -2.15. The molecule has 0 radical (unpaired) electrons. The minimum Gasteiger partial charge on any atom is -0.478 e. The molecular formula is C26H32N2O5. The Balaban J connectivity index is 2.40. The number of aromatic nitrogens is 1. The van der Waals surface area contributed by atoms with E-state index < -0.39 is 12.1 Å². The third kappa shape index (κ3) is 7.86. The largest absolute Gasteiger partial charge is 0.478 e. The summed E-state index contributed by atoms with van der Waals surface area (Å²) in [5.74, 6) is 0.00779. The number of esters is 1. The molecule has 0 atom stereocenters. The van der Waals surface area contributed by atoms with Gasteiger partial charge < -0.3 is 14.2 Å². The second-order valence-corrected chi connectivity index (χ2v) is 7.33. The number of hydrogen-bond acceptors (Lipinski definition) is 6. The van der Waals surface area contributed by atoms with Gasteiger partial charge in [-0.1, -0.05) is 48.9 Å². The van der Waals surface area contributed by atoms with Gasteiger partial charge in [0.15, 0.2) is 0 Å². The summed E-state index contributed by atoms with van der Waals surface area (Å²) in [6.07, 6.45) is 0.0558. The molecule has 33 heavy (non-hydrogen) atoms. The zero-order chi connectivity index (χ0) is 24.2. The van der Waals surface area contributed by atoms with E-state index in [1.807, 2.05) is 64.1 Å². The van der Waals surface area contributed by atoms with E-state index in [0.717, 1.165) is 22.4 Å². The summed E-state index contributed by atoms with van der Waals surface area (Å²) in [4.78, 5) is 34.1. The quantitative estimate of drug-likeness (QED) is 0.273. The minimum absolute atomic E-state index is 0.0886. The van der Waals surface area contributed by atoms with Crippen LogP contribution in [0.4, 0.5) is 4.79 Å². The van der Waals surface area contributed by atoms with Gasteiger partial charge in [0.2, 0.25) is 5.88 Å². The molecular weight excluding hydrogens is 420 g/mol. The molecule has 176 valence electrons. The molecule has 0 bridgehead atoms. The van der Waals surface area contributed by atoms with Gasteiger partial charge in [0.25, 0.3) is 0 Å². The molecule has 0 N–H and O–H groups in total. The summed E-state index contributed by atoms with van der Waals surface area (Å²) in [5, 5.41) is 0. The van der Waals surface area contributed by atoms with E-state index in [1.165, 1.54) is 0 Å². The number of carbonyl (C=O) groups is 2. The van der Waals surface area contributed by atoms with E-state index >= 15 is 0 Å². The highest BCUT2D eigenvalue weighted by Crippen LogP contribution is 2.20. The van der Waals surface area contributed by atoms with Crippen LogP contribution in [0, 0.1) is 6.92 Å². The Kier molecular flexibility index (Phi) is 10.3. The number of ether oxygens (including phenoxy) is 3. The Hall–Kier alpha value is -3.48. The van der Waals surface area contributed by atoms with Crippen LogP contribution in [0.3, 0.4) is 0 Å². The van der Waals surface area contributed by atoms with Crippen molar-refractivity contribution in [1.82, 2.24) is 4.98 Å². The van der Waals surface area contributed by atoms with Gasteiger partial charge in [0.05, 0.1) is 24.5 Å². The van der Waals surface area contributed by atoms with E-state index in [1.54, 1.807) is 13.0 Å². The number of hydrogen-bond donors (Lipinski definition) is 0. The third-order valence-electron chi connectivity index (χ3n) is 4.98. The van der Waals surface area contributed by atoms with Crippen LogP contribution in [0.5, 0.6) is 5.88 Å². The van der Waals surface area contributed by atoms with Crippen molar-refractivity contribution in [2.24, 2.45) is 4.99 Å². The molecule has 1 aromatic carbocycles. The van der Waals surface area contributed by atoms with Gasteiger partial charge in [-0.3, -0.25) is 0 Å². The van der Waals surface area contributed by atoms with Crippen molar-refractivity contribution in [3.8, 4) is 5.88 Å². The van der Waals surface area contributed by atoms with Crippen molar-refractivity contribution in [3.63, 3.8) is 0 Å². The van der Waals surface area contributed by atoms with Crippen molar-refractivity contribution in [1.29, 1.82) is 0 Å². The molecule has 1 amide bonds. The maximum Gasteiger partial charge on any atom is 0.434 e. The summed E-state index contributed by atoms with van der Waals surface area (Å²) in [6, 6.07) is 13.0. The zero-order valence-corrected chi connectivity index (χ0v) is 20.0. The van der Waals surface area contributed by atoms with E-state index in [4.69, 9.17) is 14.2 Å². The average Bonchev–Trinajstić information content (AvgIpc) is 2.80. The average molecular weight is 453 g/mol. The van der Waals surface area contributed by atoms with Crippen LogP contribution in [-0.2, 0) is 27.3 Å². The number of pyridine rings is 1. The molecule has 1 aromatic heterocycles. The smallest absolute Gasteiger partial charge is 0.434 e. The normalized spacial score (nSPS) is 12.1. The number of benzene rings is 1. The SMILES string of the molecule is CCOC(=O)C(C(Cc1ccc(OCC)nc1C)=NC(=O)OCc1ccccc1)=C(C)CC. The Labute approximate surface area is 195 Å². The molecule has 0 unspecified atom stereocenters. The minimum atomic E-state index is -0.767. The molecule has 1 heterocycles. The molecule has 0 spiro atoms. The summed E-state index contributed by atoms with van der Waals surface area (Å²) < 4.78 is 16.1. The number of nitrogens with zero attached hydrogens (tertiary/aromatic N) is 2. The van der Waals surface area contributed by atoms with Gasteiger partial charge >= 0.3 is 12.1 Å². The monoisotopic (exact) mass is 452 g/mol. The van der Waals surface area contributed by atoms with Crippen molar-refractivity contribution >= 4 is 17.8 Å². The van der Waals surface area contributed by atoms with Crippen LogP contribution in [0.1, 0.15) is 50.9 Å². The predicted molar refractivity (Wildman–Crippen MR) is 128 cm³/mol. The Morgan fingerprint density at radius 3 is 2.30 bits per heavy atom.